The van der Waals surface area contributed by atoms with Crippen LogP contribution in [0.3, 0.4) is 0 Å². The lowest BCUT2D eigenvalue weighted by Gasteiger charge is -1.90. The van der Waals surface area contributed by atoms with Crippen LogP contribution in [0.15, 0.2) is 6.20 Å². The summed E-state index contributed by atoms with van der Waals surface area (Å²) in [5.41, 5.74) is 1.14. The molecule has 0 aliphatic carbocycles. The van der Waals surface area contributed by atoms with Gasteiger partial charge in [-0.25, -0.2) is 4.98 Å². The molecule has 0 amide bonds. The maximum atomic E-state index is 4.87. The van der Waals surface area contributed by atoms with E-state index in [0.29, 0.717) is 6.01 Å². The molecule has 1 aromatic heterocycles. The molecule has 1 heterocycles. The van der Waals surface area contributed by atoms with Crippen molar-refractivity contribution >= 4 is 0 Å². The van der Waals surface area contributed by atoms with Crippen LogP contribution < -0.4 is 4.74 Å². The molecular weight excluding hydrogens is 128 g/mol. The molecule has 0 aliphatic heterocycles. The Morgan fingerprint density at radius 2 is 2.50 bits per heavy atom. The second kappa shape index (κ2) is 3.25. The van der Waals surface area contributed by atoms with Gasteiger partial charge in [0, 0.05) is 5.69 Å². The minimum atomic E-state index is 0.600. The Balaban J connectivity index is 2.59. The van der Waals surface area contributed by atoms with Crippen molar-refractivity contribution in [3.63, 3.8) is 0 Å². The zero-order valence-electron chi connectivity index (χ0n) is 6.35. The van der Waals surface area contributed by atoms with Crippen LogP contribution in [-0.2, 0) is 6.42 Å². The molecule has 0 saturated carbocycles. The van der Waals surface area contributed by atoms with Crippen molar-refractivity contribution in [1.29, 1.82) is 0 Å². The minimum absolute atomic E-state index is 0.600. The number of hydrogen-bond donors (Lipinski definition) is 1. The van der Waals surface area contributed by atoms with Crippen molar-refractivity contribution in [2.75, 3.05) is 7.11 Å². The number of imidazole rings is 1. The van der Waals surface area contributed by atoms with Gasteiger partial charge in [-0.2, -0.15) is 0 Å². The Morgan fingerprint density at radius 1 is 1.70 bits per heavy atom. The number of rotatable bonds is 3. The lowest BCUT2D eigenvalue weighted by Crippen LogP contribution is -1.85. The fourth-order valence-electron chi connectivity index (χ4n) is 0.839. The van der Waals surface area contributed by atoms with E-state index in [4.69, 9.17) is 4.74 Å². The van der Waals surface area contributed by atoms with Crippen LogP contribution >= 0.6 is 0 Å². The van der Waals surface area contributed by atoms with Crippen LogP contribution in [0, 0.1) is 0 Å². The van der Waals surface area contributed by atoms with E-state index in [9.17, 15) is 0 Å². The standard InChI is InChI=1S/C7H12N2O/c1-3-4-6-5-8-7(9-6)10-2/h5H,3-4H2,1-2H3,(H,8,9). The van der Waals surface area contributed by atoms with E-state index in [-0.39, 0.29) is 0 Å². The number of nitrogens with zero attached hydrogens (tertiary/aromatic N) is 1. The van der Waals surface area contributed by atoms with Crippen LogP contribution in [-0.4, -0.2) is 17.1 Å². The SMILES string of the molecule is CCCc1cnc(OC)[nH]1. The molecule has 0 radical (unpaired) electrons. The highest BCUT2D eigenvalue weighted by atomic mass is 16.5. The summed E-state index contributed by atoms with van der Waals surface area (Å²) in [5.74, 6) is 0. The van der Waals surface area contributed by atoms with Gasteiger partial charge in [-0.15, -0.1) is 0 Å². The lowest BCUT2D eigenvalue weighted by atomic mass is 10.3. The van der Waals surface area contributed by atoms with Crippen molar-refractivity contribution in [2.45, 2.75) is 19.8 Å². The van der Waals surface area contributed by atoms with Gasteiger partial charge in [-0.05, 0) is 6.42 Å². The Kier molecular flexibility index (Phi) is 2.31. The summed E-state index contributed by atoms with van der Waals surface area (Å²) < 4.78 is 4.87. The fraction of sp³-hybridized carbons (Fsp3) is 0.571. The highest BCUT2D eigenvalue weighted by molar-refractivity contribution is 5.04. The van der Waals surface area contributed by atoms with Crippen molar-refractivity contribution in [3.05, 3.63) is 11.9 Å². The molecule has 0 aliphatic rings. The molecule has 0 atom stereocenters. The maximum Gasteiger partial charge on any atom is 0.293 e. The minimum Gasteiger partial charge on any atom is -0.468 e. The van der Waals surface area contributed by atoms with Gasteiger partial charge in [0.05, 0.1) is 13.3 Å². The number of aromatic amines is 1. The van der Waals surface area contributed by atoms with Crippen LogP contribution in [0.5, 0.6) is 6.01 Å². The average Bonchev–Trinajstić information content (AvgIpc) is 2.37. The summed E-state index contributed by atoms with van der Waals surface area (Å²) >= 11 is 0. The summed E-state index contributed by atoms with van der Waals surface area (Å²) in [6.45, 7) is 2.13. The topological polar surface area (TPSA) is 37.9 Å². The summed E-state index contributed by atoms with van der Waals surface area (Å²) in [6.07, 6.45) is 3.98. The molecule has 1 rings (SSSR count). The Labute approximate surface area is 60.4 Å². The fourth-order valence-corrected chi connectivity index (χ4v) is 0.839. The summed E-state index contributed by atoms with van der Waals surface area (Å²) in [4.78, 5) is 7.01. The first kappa shape index (κ1) is 7.12. The average molecular weight is 140 g/mol. The number of aryl methyl sites for hydroxylation is 1. The van der Waals surface area contributed by atoms with E-state index in [2.05, 4.69) is 16.9 Å². The molecular formula is C7H12N2O. The molecule has 0 aromatic carbocycles. The van der Waals surface area contributed by atoms with E-state index in [1.807, 2.05) is 6.20 Å². The molecule has 0 bridgehead atoms. The van der Waals surface area contributed by atoms with E-state index in [1.165, 1.54) is 0 Å². The third-order valence-corrected chi connectivity index (χ3v) is 1.32. The van der Waals surface area contributed by atoms with Crippen LogP contribution in [0.4, 0.5) is 0 Å². The van der Waals surface area contributed by atoms with Crippen LogP contribution in [0.1, 0.15) is 19.0 Å². The molecule has 0 unspecified atom stereocenters. The van der Waals surface area contributed by atoms with Crippen molar-refractivity contribution in [1.82, 2.24) is 9.97 Å². The number of H-pyrrole nitrogens is 1. The molecule has 0 fully saturated rings. The van der Waals surface area contributed by atoms with Gasteiger partial charge < -0.3 is 9.72 Å². The van der Waals surface area contributed by atoms with Crippen molar-refractivity contribution in [3.8, 4) is 6.01 Å². The van der Waals surface area contributed by atoms with Gasteiger partial charge >= 0.3 is 0 Å². The van der Waals surface area contributed by atoms with E-state index in [0.717, 1.165) is 18.5 Å². The Hall–Kier alpha value is -0.990. The molecule has 10 heavy (non-hydrogen) atoms. The zero-order chi connectivity index (χ0) is 7.40. The summed E-state index contributed by atoms with van der Waals surface area (Å²) in [6, 6.07) is 0.600. The Bertz CT molecular complexity index is 195. The number of ether oxygens (including phenoxy) is 1. The van der Waals surface area contributed by atoms with E-state index < -0.39 is 0 Å². The van der Waals surface area contributed by atoms with Gasteiger partial charge in [-0.1, -0.05) is 13.3 Å². The number of nitrogens with one attached hydrogen (secondary N) is 1. The number of aromatic nitrogens is 2. The summed E-state index contributed by atoms with van der Waals surface area (Å²) in [5, 5.41) is 0. The molecule has 0 saturated heterocycles. The van der Waals surface area contributed by atoms with E-state index in [1.54, 1.807) is 7.11 Å². The smallest absolute Gasteiger partial charge is 0.293 e. The largest absolute Gasteiger partial charge is 0.468 e. The van der Waals surface area contributed by atoms with E-state index >= 15 is 0 Å². The molecule has 1 N–H and O–H groups in total. The summed E-state index contributed by atoms with van der Waals surface area (Å²) in [7, 11) is 1.61. The molecule has 56 valence electrons. The first-order valence-electron chi connectivity index (χ1n) is 3.44. The van der Waals surface area contributed by atoms with Gasteiger partial charge in [0.25, 0.3) is 6.01 Å². The first-order chi connectivity index (χ1) is 4.86. The second-order valence-corrected chi connectivity index (χ2v) is 2.17. The molecule has 1 aromatic rings. The van der Waals surface area contributed by atoms with Gasteiger partial charge in [-0.3, -0.25) is 0 Å². The van der Waals surface area contributed by atoms with Crippen LogP contribution in [0.25, 0.3) is 0 Å². The molecule has 3 nitrogen and oxygen atoms in total. The molecule has 3 heteroatoms. The first-order valence-corrected chi connectivity index (χ1v) is 3.44. The van der Waals surface area contributed by atoms with Crippen LogP contribution in [0.2, 0.25) is 0 Å². The zero-order valence-corrected chi connectivity index (χ0v) is 6.35. The van der Waals surface area contributed by atoms with Gasteiger partial charge in [0.1, 0.15) is 0 Å². The predicted molar refractivity (Wildman–Crippen MR) is 39.1 cm³/mol. The number of methoxy groups -OCH3 is 1. The normalized spacial score (nSPS) is 9.80. The van der Waals surface area contributed by atoms with Crippen molar-refractivity contribution < 1.29 is 4.74 Å². The predicted octanol–water partition coefficient (Wildman–Crippen LogP) is 1.37. The maximum absolute atomic E-state index is 4.87. The highest BCUT2D eigenvalue weighted by Gasteiger charge is 1.96. The quantitative estimate of drug-likeness (QED) is 0.688. The monoisotopic (exact) mass is 140 g/mol. The number of hydrogen-bond acceptors (Lipinski definition) is 2. The lowest BCUT2D eigenvalue weighted by molar-refractivity contribution is 0.383. The molecule has 0 spiro atoms. The third kappa shape index (κ3) is 1.50. The highest BCUT2D eigenvalue weighted by Crippen LogP contribution is 2.05. The van der Waals surface area contributed by atoms with Crippen molar-refractivity contribution in [2.24, 2.45) is 0 Å². The third-order valence-electron chi connectivity index (χ3n) is 1.32. The second-order valence-electron chi connectivity index (χ2n) is 2.17. The van der Waals surface area contributed by atoms with Gasteiger partial charge in [0.2, 0.25) is 0 Å². The Morgan fingerprint density at radius 3 is 3.00 bits per heavy atom. The van der Waals surface area contributed by atoms with Gasteiger partial charge in [0.15, 0.2) is 0 Å².